The quantitative estimate of drug-likeness (QED) is 0.329. The summed E-state index contributed by atoms with van der Waals surface area (Å²) >= 11 is 0. The van der Waals surface area contributed by atoms with E-state index < -0.39 is 23.7 Å². The molecule has 4 aromatic rings. The van der Waals surface area contributed by atoms with Gasteiger partial charge in [0.1, 0.15) is 17.1 Å². The highest BCUT2D eigenvalue weighted by Gasteiger charge is 2.34. The molecule has 2 aromatic heterocycles. The molecule has 5 rings (SSSR count). The van der Waals surface area contributed by atoms with Gasteiger partial charge in [-0.15, -0.1) is 15.3 Å². The van der Waals surface area contributed by atoms with Crippen LogP contribution in [-0.2, 0) is 11.3 Å². The third-order valence-corrected chi connectivity index (χ3v) is 5.99. The number of nitrogens with zero attached hydrogens (tertiary/aromatic N) is 6. The molecular weight excluding hydrogens is 501 g/mol. The van der Waals surface area contributed by atoms with Gasteiger partial charge in [-0.3, -0.25) is 0 Å². The van der Waals surface area contributed by atoms with Crippen molar-refractivity contribution in [1.82, 2.24) is 30.1 Å². The number of hydrogen-bond acceptors (Lipinski definition) is 7. The number of ether oxygens (including phenoxy) is 1. The summed E-state index contributed by atoms with van der Waals surface area (Å²) in [6.07, 6.45) is -1.50. The molecule has 0 radical (unpaired) electrons. The standard InChI is InChI=1S/C26H25F3N6O3/c1-26(2,3)38-25(36)34-11-19(12-34)15-5-4-6-16(9-15)21-14-35(33-30-21)13-18-8-7-17(10-20(18)27)23-31-32-24(37-23)22(28)29/h4-10,14,19,22H,11-13H2,1-3H3. The minimum Gasteiger partial charge on any atom is -0.444 e. The molecule has 38 heavy (non-hydrogen) atoms. The van der Waals surface area contributed by atoms with Crippen molar-refractivity contribution in [1.29, 1.82) is 0 Å². The number of amides is 1. The number of hydrogen-bond donors (Lipinski definition) is 0. The summed E-state index contributed by atoms with van der Waals surface area (Å²) in [5, 5.41) is 15.1. The number of likely N-dealkylation sites (tertiary alicyclic amines) is 1. The van der Waals surface area contributed by atoms with Crippen molar-refractivity contribution in [3.05, 3.63) is 71.5 Å². The molecule has 2 aromatic carbocycles. The zero-order valence-corrected chi connectivity index (χ0v) is 20.9. The smallest absolute Gasteiger partial charge is 0.410 e. The SMILES string of the molecule is CC(C)(C)OC(=O)N1CC(c2cccc(-c3cn(Cc4ccc(-c5nnc(C(F)F)o5)cc4F)nn3)c2)C1. The van der Waals surface area contributed by atoms with E-state index in [0.717, 1.165) is 17.2 Å². The number of carbonyl (C=O) groups excluding carboxylic acids is 1. The van der Waals surface area contributed by atoms with Gasteiger partial charge in [-0.25, -0.2) is 13.9 Å². The van der Waals surface area contributed by atoms with Crippen molar-refractivity contribution in [3.63, 3.8) is 0 Å². The Bertz CT molecular complexity index is 1460. The Hall–Kier alpha value is -4.22. The van der Waals surface area contributed by atoms with Crippen LogP contribution in [0, 0.1) is 5.82 Å². The topological polar surface area (TPSA) is 99.2 Å². The molecule has 0 aliphatic carbocycles. The van der Waals surface area contributed by atoms with Crippen LogP contribution in [0.15, 0.2) is 53.1 Å². The lowest BCUT2D eigenvalue weighted by Gasteiger charge is -2.40. The first-order chi connectivity index (χ1) is 18.1. The van der Waals surface area contributed by atoms with Gasteiger partial charge >= 0.3 is 12.5 Å². The highest BCUT2D eigenvalue weighted by molar-refractivity contribution is 5.70. The summed E-state index contributed by atoms with van der Waals surface area (Å²) < 4.78 is 51.9. The van der Waals surface area contributed by atoms with Gasteiger partial charge in [0.2, 0.25) is 5.89 Å². The van der Waals surface area contributed by atoms with Gasteiger partial charge in [-0.1, -0.05) is 29.5 Å². The predicted molar refractivity (Wildman–Crippen MR) is 130 cm³/mol. The van der Waals surface area contributed by atoms with Crippen LogP contribution in [0.5, 0.6) is 0 Å². The Morgan fingerprint density at radius 1 is 1.11 bits per heavy atom. The molecule has 0 bridgehead atoms. The number of benzene rings is 2. The van der Waals surface area contributed by atoms with Crippen molar-refractivity contribution in [2.75, 3.05) is 13.1 Å². The van der Waals surface area contributed by atoms with Crippen molar-refractivity contribution in [2.24, 2.45) is 0 Å². The summed E-state index contributed by atoms with van der Waals surface area (Å²) in [5.74, 6) is -1.38. The zero-order valence-electron chi connectivity index (χ0n) is 20.9. The molecule has 0 spiro atoms. The van der Waals surface area contributed by atoms with Crippen LogP contribution in [0.2, 0.25) is 0 Å². The van der Waals surface area contributed by atoms with Gasteiger partial charge in [0.05, 0.1) is 12.7 Å². The van der Waals surface area contributed by atoms with E-state index in [-0.39, 0.29) is 30.0 Å². The number of alkyl halides is 2. The number of carbonyl (C=O) groups is 1. The molecule has 1 saturated heterocycles. The highest BCUT2D eigenvalue weighted by atomic mass is 19.3. The zero-order chi connectivity index (χ0) is 27.0. The minimum absolute atomic E-state index is 0.110. The minimum atomic E-state index is -2.90. The molecule has 1 amide bonds. The van der Waals surface area contributed by atoms with Crippen LogP contribution in [0.25, 0.3) is 22.7 Å². The molecule has 0 N–H and O–H groups in total. The molecule has 1 fully saturated rings. The lowest BCUT2D eigenvalue weighted by molar-refractivity contribution is 0.00819. The van der Waals surface area contributed by atoms with E-state index in [1.807, 2.05) is 45.0 Å². The summed E-state index contributed by atoms with van der Waals surface area (Å²) in [5.41, 5.74) is 2.54. The fraction of sp³-hybridized carbons (Fsp3) is 0.346. The Labute approximate surface area is 216 Å². The third-order valence-electron chi connectivity index (χ3n) is 5.99. The van der Waals surface area contributed by atoms with E-state index in [0.29, 0.717) is 24.3 Å². The molecule has 1 aliphatic rings. The normalized spacial score (nSPS) is 14.1. The maximum Gasteiger partial charge on any atom is 0.410 e. The van der Waals surface area contributed by atoms with Crippen LogP contribution in [0.1, 0.15) is 50.1 Å². The van der Waals surface area contributed by atoms with E-state index in [1.165, 1.54) is 16.8 Å². The van der Waals surface area contributed by atoms with Gasteiger partial charge < -0.3 is 14.1 Å². The highest BCUT2D eigenvalue weighted by Crippen LogP contribution is 2.31. The van der Waals surface area contributed by atoms with Crippen LogP contribution in [-0.4, -0.2) is 54.9 Å². The molecule has 9 nitrogen and oxygen atoms in total. The number of halogens is 3. The van der Waals surface area contributed by atoms with Gasteiger partial charge in [0, 0.05) is 35.7 Å². The molecule has 0 atom stereocenters. The fourth-order valence-corrected chi connectivity index (χ4v) is 4.05. The predicted octanol–water partition coefficient (Wildman–Crippen LogP) is 5.45. The van der Waals surface area contributed by atoms with Crippen molar-refractivity contribution in [2.45, 2.75) is 45.3 Å². The first kappa shape index (κ1) is 25.4. The first-order valence-corrected chi connectivity index (χ1v) is 11.9. The Morgan fingerprint density at radius 3 is 2.58 bits per heavy atom. The Morgan fingerprint density at radius 2 is 1.89 bits per heavy atom. The summed E-state index contributed by atoms with van der Waals surface area (Å²) in [7, 11) is 0. The van der Waals surface area contributed by atoms with Crippen LogP contribution in [0.3, 0.4) is 0 Å². The fourth-order valence-electron chi connectivity index (χ4n) is 4.05. The molecular formula is C26H25F3N6O3. The molecule has 1 aliphatic heterocycles. The van der Waals surface area contributed by atoms with E-state index in [2.05, 4.69) is 20.5 Å². The largest absolute Gasteiger partial charge is 0.444 e. The molecule has 12 heteroatoms. The van der Waals surface area contributed by atoms with E-state index in [9.17, 15) is 18.0 Å². The maximum atomic E-state index is 14.7. The Kier molecular flexibility index (Phi) is 6.64. The third kappa shape index (κ3) is 5.53. The van der Waals surface area contributed by atoms with E-state index >= 15 is 0 Å². The Balaban J connectivity index is 1.24. The van der Waals surface area contributed by atoms with Crippen molar-refractivity contribution < 1.29 is 27.1 Å². The second kappa shape index (κ2) is 9.92. The molecule has 0 saturated carbocycles. The van der Waals surface area contributed by atoms with Crippen LogP contribution < -0.4 is 0 Å². The average molecular weight is 527 g/mol. The van der Waals surface area contributed by atoms with Crippen molar-refractivity contribution >= 4 is 6.09 Å². The van der Waals surface area contributed by atoms with E-state index in [4.69, 9.17) is 9.15 Å². The average Bonchev–Trinajstić information content (AvgIpc) is 3.49. The monoisotopic (exact) mass is 526 g/mol. The summed E-state index contributed by atoms with van der Waals surface area (Å²) in [6, 6.07) is 12.0. The second-order valence-electron chi connectivity index (χ2n) is 10.1. The van der Waals surface area contributed by atoms with Gasteiger partial charge in [0.25, 0.3) is 5.89 Å². The van der Waals surface area contributed by atoms with Gasteiger partial charge in [-0.05, 0) is 44.5 Å². The van der Waals surface area contributed by atoms with Gasteiger partial charge in [-0.2, -0.15) is 8.78 Å². The summed E-state index contributed by atoms with van der Waals surface area (Å²) in [6.45, 7) is 6.78. The second-order valence-corrected chi connectivity index (χ2v) is 10.1. The van der Waals surface area contributed by atoms with Crippen LogP contribution >= 0.6 is 0 Å². The lowest BCUT2D eigenvalue weighted by Crippen LogP contribution is -2.50. The number of rotatable bonds is 6. The first-order valence-electron chi connectivity index (χ1n) is 11.9. The maximum absolute atomic E-state index is 14.7. The number of aromatic nitrogens is 5. The molecule has 0 unspecified atom stereocenters. The van der Waals surface area contributed by atoms with E-state index in [1.54, 1.807) is 11.1 Å². The van der Waals surface area contributed by atoms with Crippen LogP contribution in [0.4, 0.5) is 18.0 Å². The molecule has 198 valence electrons. The van der Waals surface area contributed by atoms with Gasteiger partial charge in [0.15, 0.2) is 0 Å². The lowest BCUT2D eigenvalue weighted by atomic mass is 9.90. The summed E-state index contributed by atoms with van der Waals surface area (Å²) in [4.78, 5) is 13.9. The van der Waals surface area contributed by atoms with Crippen molar-refractivity contribution in [3.8, 4) is 22.7 Å². The molecule has 3 heterocycles.